The largest absolute Gasteiger partial charge is 0.479 e. The summed E-state index contributed by atoms with van der Waals surface area (Å²) in [4.78, 5) is 24.2. The Morgan fingerprint density at radius 1 is 1.32 bits per heavy atom. The van der Waals surface area contributed by atoms with Crippen LogP contribution in [0.25, 0.3) is 0 Å². The molecule has 19 heavy (non-hydrogen) atoms. The van der Waals surface area contributed by atoms with Gasteiger partial charge in [-0.3, -0.25) is 0 Å². The third-order valence-corrected chi connectivity index (χ3v) is 3.12. The molecule has 0 spiro atoms. The lowest BCUT2D eigenvalue weighted by atomic mass is 10.2. The molecule has 0 bridgehead atoms. The second-order valence-electron chi connectivity index (χ2n) is 4.68. The van der Waals surface area contributed by atoms with Crippen LogP contribution >= 0.6 is 0 Å². The SMILES string of the molecule is CCCCN(C(=O)NCCC(O)C(=O)O)C(C)CC. The molecule has 0 aromatic rings. The third-order valence-electron chi connectivity index (χ3n) is 3.12. The number of carboxylic acids is 1. The number of nitrogens with zero attached hydrogens (tertiary/aromatic N) is 1. The van der Waals surface area contributed by atoms with Gasteiger partial charge in [0.2, 0.25) is 0 Å². The fraction of sp³-hybridized carbons (Fsp3) is 0.846. The van der Waals surface area contributed by atoms with E-state index in [-0.39, 0.29) is 25.0 Å². The van der Waals surface area contributed by atoms with Crippen molar-refractivity contribution in [2.45, 2.75) is 58.6 Å². The van der Waals surface area contributed by atoms with Gasteiger partial charge in [-0.1, -0.05) is 20.3 Å². The van der Waals surface area contributed by atoms with Gasteiger partial charge in [-0.05, 0) is 19.8 Å². The van der Waals surface area contributed by atoms with Crippen LogP contribution in [0.3, 0.4) is 0 Å². The van der Waals surface area contributed by atoms with Crippen molar-refractivity contribution in [3.8, 4) is 0 Å². The molecule has 0 saturated heterocycles. The molecule has 2 atom stereocenters. The number of carbonyl (C=O) groups excluding carboxylic acids is 1. The standard InChI is InChI=1S/C13H26N2O4/c1-4-6-9-15(10(3)5-2)13(19)14-8-7-11(16)12(17)18/h10-11,16H,4-9H2,1-3H3,(H,14,19)(H,17,18). The molecule has 2 amide bonds. The summed E-state index contributed by atoms with van der Waals surface area (Å²) < 4.78 is 0. The van der Waals surface area contributed by atoms with E-state index in [4.69, 9.17) is 10.2 Å². The zero-order valence-corrected chi connectivity index (χ0v) is 12.1. The second-order valence-corrected chi connectivity index (χ2v) is 4.68. The van der Waals surface area contributed by atoms with Crippen molar-refractivity contribution in [1.29, 1.82) is 0 Å². The summed E-state index contributed by atoms with van der Waals surface area (Å²) in [7, 11) is 0. The molecular formula is C13H26N2O4. The number of aliphatic hydroxyl groups excluding tert-OH is 1. The average Bonchev–Trinajstić information content (AvgIpc) is 2.38. The van der Waals surface area contributed by atoms with Gasteiger partial charge in [0, 0.05) is 25.6 Å². The summed E-state index contributed by atoms with van der Waals surface area (Å²) in [5.41, 5.74) is 0. The number of aliphatic hydroxyl groups is 1. The number of rotatable bonds is 9. The number of hydrogen-bond donors (Lipinski definition) is 3. The van der Waals surface area contributed by atoms with Crippen molar-refractivity contribution >= 4 is 12.0 Å². The molecule has 0 saturated carbocycles. The molecule has 0 aliphatic carbocycles. The molecule has 2 unspecified atom stereocenters. The van der Waals surface area contributed by atoms with Gasteiger partial charge in [-0.15, -0.1) is 0 Å². The first-order valence-electron chi connectivity index (χ1n) is 6.89. The van der Waals surface area contributed by atoms with Crippen LogP contribution in [0.4, 0.5) is 4.79 Å². The van der Waals surface area contributed by atoms with Gasteiger partial charge >= 0.3 is 12.0 Å². The van der Waals surface area contributed by atoms with E-state index in [1.54, 1.807) is 4.90 Å². The van der Waals surface area contributed by atoms with Gasteiger partial charge in [0.25, 0.3) is 0 Å². The van der Waals surface area contributed by atoms with Crippen molar-refractivity contribution < 1.29 is 19.8 Å². The Hall–Kier alpha value is -1.30. The molecule has 112 valence electrons. The van der Waals surface area contributed by atoms with E-state index in [2.05, 4.69) is 12.2 Å². The highest BCUT2D eigenvalue weighted by Crippen LogP contribution is 2.06. The first-order valence-corrected chi connectivity index (χ1v) is 6.89. The lowest BCUT2D eigenvalue weighted by molar-refractivity contribution is -0.146. The number of urea groups is 1. The van der Waals surface area contributed by atoms with E-state index in [0.29, 0.717) is 6.54 Å². The van der Waals surface area contributed by atoms with Gasteiger partial charge < -0.3 is 20.4 Å². The van der Waals surface area contributed by atoms with Gasteiger partial charge in [0.05, 0.1) is 0 Å². The number of nitrogens with one attached hydrogen (secondary N) is 1. The number of amides is 2. The summed E-state index contributed by atoms with van der Waals surface area (Å²) in [6.07, 6.45) is 1.42. The molecule has 0 aromatic carbocycles. The van der Waals surface area contributed by atoms with E-state index >= 15 is 0 Å². The molecule has 6 nitrogen and oxygen atoms in total. The zero-order valence-electron chi connectivity index (χ0n) is 12.1. The first-order chi connectivity index (χ1) is 8.93. The molecule has 3 N–H and O–H groups in total. The molecule has 0 heterocycles. The van der Waals surface area contributed by atoms with Crippen molar-refractivity contribution in [2.75, 3.05) is 13.1 Å². The van der Waals surface area contributed by atoms with Crippen LogP contribution in [0, 0.1) is 0 Å². The predicted octanol–water partition coefficient (Wildman–Crippen LogP) is 1.43. The van der Waals surface area contributed by atoms with E-state index in [9.17, 15) is 9.59 Å². The Labute approximate surface area is 114 Å². The topological polar surface area (TPSA) is 89.9 Å². The van der Waals surface area contributed by atoms with Crippen LogP contribution in [0.5, 0.6) is 0 Å². The highest BCUT2D eigenvalue weighted by molar-refractivity contribution is 5.75. The monoisotopic (exact) mass is 274 g/mol. The molecule has 0 aliphatic heterocycles. The Bertz CT molecular complexity index is 284. The highest BCUT2D eigenvalue weighted by atomic mass is 16.4. The van der Waals surface area contributed by atoms with Gasteiger partial charge in [0.1, 0.15) is 0 Å². The molecule has 0 aliphatic rings. The molecule has 0 aromatic heterocycles. The van der Waals surface area contributed by atoms with E-state index < -0.39 is 12.1 Å². The number of carboxylic acid groups (broad SMARTS) is 1. The average molecular weight is 274 g/mol. The minimum Gasteiger partial charge on any atom is -0.479 e. The van der Waals surface area contributed by atoms with Gasteiger partial charge in [0.15, 0.2) is 6.10 Å². The van der Waals surface area contributed by atoms with Crippen molar-refractivity contribution in [3.63, 3.8) is 0 Å². The normalized spacial score (nSPS) is 13.7. The zero-order chi connectivity index (χ0) is 14.8. The van der Waals surface area contributed by atoms with E-state index in [1.807, 2.05) is 13.8 Å². The Morgan fingerprint density at radius 3 is 2.42 bits per heavy atom. The predicted molar refractivity (Wildman–Crippen MR) is 73.0 cm³/mol. The number of aliphatic carboxylic acids is 1. The molecular weight excluding hydrogens is 248 g/mol. The van der Waals surface area contributed by atoms with Crippen molar-refractivity contribution in [3.05, 3.63) is 0 Å². The summed E-state index contributed by atoms with van der Waals surface area (Å²) in [6, 6.07) is -0.0451. The minimum absolute atomic E-state index is 0.0171. The second kappa shape index (κ2) is 9.61. The van der Waals surface area contributed by atoms with E-state index in [1.165, 1.54) is 0 Å². The molecule has 0 rings (SSSR count). The summed E-state index contributed by atoms with van der Waals surface area (Å²) in [5, 5.41) is 20.3. The molecule has 0 fully saturated rings. The fourth-order valence-corrected chi connectivity index (χ4v) is 1.61. The Kier molecular flexibility index (Phi) is 8.95. The number of carbonyl (C=O) groups is 2. The fourth-order valence-electron chi connectivity index (χ4n) is 1.61. The summed E-state index contributed by atoms with van der Waals surface area (Å²) in [5.74, 6) is -1.26. The highest BCUT2D eigenvalue weighted by Gasteiger charge is 2.19. The van der Waals surface area contributed by atoms with Crippen LogP contribution in [0.2, 0.25) is 0 Å². The number of hydrogen-bond acceptors (Lipinski definition) is 3. The maximum Gasteiger partial charge on any atom is 0.332 e. The van der Waals surface area contributed by atoms with Crippen molar-refractivity contribution in [2.24, 2.45) is 0 Å². The van der Waals surface area contributed by atoms with Crippen LogP contribution in [-0.2, 0) is 4.79 Å². The van der Waals surface area contributed by atoms with Crippen molar-refractivity contribution in [1.82, 2.24) is 10.2 Å². The Balaban J connectivity index is 4.20. The molecule has 0 radical (unpaired) electrons. The maximum absolute atomic E-state index is 12.0. The minimum atomic E-state index is -1.42. The van der Waals surface area contributed by atoms with Crippen LogP contribution in [0.15, 0.2) is 0 Å². The first kappa shape index (κ1) is 17.7. The molecule has 6 heteroatoms. The lowest BCUT2D eigenvalue weighted by Gasteiger charge is -2.28. The number of unbranched alkanes of at least 4 members (excludes halogenated alkanes) is 1. The quantitative estimate of drug-likeness (QED) is 0.593. The van der Waals surface area contributed by atoms with Crippen LogP contribution < -0.4 is 5.32 Å². The van der Waals surface area contributed by atoms with Gasteiger partial charge in [-0.25, -0.2) is 9.59 Å². The Morgan fingerprint density at radius 2 is 1.95 bits per heavy atom. The third kappa shape index (κ3) is 7.00. The van der Waals surface area contributed by atoms with E-state index in [0.717, 1.165) is 19.3 Å². The summed E-state index contributed by atoms with van der Waals surface area (Å²) in [6.45, 7) is 6.92. The summed E-state index contributed by atoms with van der Waals surface area (Å²) >= 11 is 0. The maximum atomic E-state index is 12.0. The van der Waals surface area contributed by atoms with Gasteiger partial charge in [-0.2, -0.15) is 0 Å². The lowest BCUT2D eigenvalue weighted by Crippen LogP contribution is -2.46. The smallest absolute Gasteiger partial charge is 0.332 e. The van der Waals surface area contributed by atoms with Crippen LogP contribution in [-0.4, -0.2) is 52.3 Å². The van der Waals surface area contributed by atoms with Crippen LogP contribution in [0.1, 0.15) is 46.5 Å².